The third kappa shape index (κ3) is 3.56. The van der Waals surface area contributed by atoms with Crippen LogP contribution < -0.4 is 4.90 Å². The number of halogens is 1. The minimum absolute atomic E-state index is 0.281. The average molecular weight is 410 g/mol. The number of likely N-dealkylation sites (N-methyl/N-ethyl adjacent to an activating group) is 1. The number of rotatable bonds is 3. The van der Waals surface area contributed by atoms with Crippen LogP contribution in [0.5, 0.6) is 0 Å². The maximum Gasteiger partial charge on any atom is 0.282 e. The van der Waals surface area contributed by atoms with Gasteiger partial charge in [0.1, 0.15) is 5.70 Å². The van der Waals surface area contributed by atoms with Gasteiger partial charge in [-0.3, -0.25) is 9.59 Å². The highest BCUT2D eigenvalue weighted by molar-refractivity contribution is 6.45. The molecule has 4 rings (SSSR count). The number of imide groups is 1. The number of piperazine rings is 1. The molecule has 0 N–H and O–H groups in total. The molecule has 2 amide bonds. The lowest BCUT2D eigenvalue weighted by molar-refractivity contribution is -0.120. The molecule has 6 heteroatoms. The first-order valence-electron chi connectivity index (χ1n) is 9.76. The molecule has 5 nitrogen and oxygen atoms in total. The van der Waals surface area contributed by atoms with Crippen LogP contribution in [0.4, 0.5) is 5.69 Å². The topological polar surface area (TPSA) is 43.9 Å². The molecular formula is C23H24ClN3O2. The number of benzene rings is 2. The summed E-state index contributed by atoms with van der Waals surface area (Å²) in [4.78, 5) is 32.6. The fraction of sp³-hybridized carbons (Fsp3) is 0.304. The minimum Gasteiger partial charge on any atom is -0.364 e. The van der Waals surface area contributed by atoms with Gasteiger partial charge in [0.2, 0.25) is 0 Å². The van der Waals surface area contributed by atoms with Crippen LogP contribution in [0.3, 0.4) is 0 Å². The predicted octanol–water partition coefficient (Wildman–Crippen LogP) is 3.49. The van der Waals surface area contributed by atoms with Gasteiger partial charge in [-0.15, -0.1) is 0 Å². The summed E-state index contributed by atoms with van der Waals surface area (Å²) in [7, 11) is 2.07. The number of carbonyl (C=O) groups is 2. The summed E-state index contributed by atoms with van der Waals surface area (Å²) in [6.45, 7) is 7.12. The fourth-order valence-electron chi connectivity index (χ4n) is 4.03. The van der Waals surface area contributed by atoms with Crippen LogP contribution >= 0.6 is 11.6 Å². The van der Waals surface area contributed by atoms with E-state index in [9.17, 15) is 9.59 Å². The molecule has 1 saturated heterocycles. The molecule has 0 saturated carbocycles. The van der Waals surface area contributed by atoms with E-state index in [2.05, 4.69) is 16.8 Å². The molecule has 2 aliphatic heterocycles. The first kappa shape index (κ1) is 19.7. The van der Waals surface area contributed by atoms with Gasteiger partial charge in [-0.25, -0.2) is 4.90 Å². The summed E-state index contributed by atoms with van der Waals surface area (Å²) in [5.41, 5.74) is 4.40. The second-order valence-corrected chi connectivity index (χ2v) is 8.19. The highest BCUT2D eigenvalue weighted by Crippen LogP contribution is 2.37. The third-order valence-corrected chi connectivity index (χ3v) is 5.83. The molecule has 29 heavy (non-hydrogen) atoms. The number of hydrogen-bond donors (Lipinski definition) is 0. The van der Waals surface area contributed by atoms with Crippen LogP contribution in [0.15, 0.2) is 48.2 Å². The van der Waals surface area contributed by atoms with Crippen molar-refractivity contribution in [1.29, 1.82) is 0 Å². The van der Waals surface area contributed by atoms with Gasteiger partial charge in [-0.1, -0.05) is 41.4 Å². The molecule has 0 spiro atoms. The first-order valence-corrected chi connectivity index (χ1v) is 10.1. The quantitative estimate of drug-likeness (QED) is 0.728. The van der Waals surface area contributed by atoms with Gasteiger partial charge < -0.3 is 9.80 Å². The lowest BCUT2D eigenvalue weighted by Crippen LogP contribution is -2.46. The minimum atomic E-state index is -0.293. The average Bonchev–Trinajstić information content (AvgIpc) is 2.93. The third-order valence-electron chi connectivity index (χ3n) is 5.60. The number of anilines is 1. The molecule has 150 valence electrons. The monoisotopic (exact) mass is 409 g/mol. The van der Waals surface area contributed by atoms with Crippen LogP contribution in [0.25, 0.3) is 5.57 Å². The molecule has 2 aromatic carbocycles. The zero-order chi connectivity index (χ0) is 20.7. The summed E-state index contributed by atoms with van der Waals surface area (Å²) in [6, 6.07) is 12.9. The Labute approximate surface area is 176 Å². The summed E-state index contributed by atoms with van der Waals surface area (Å²) in [6.07, 6.45) is 0. The van der Waals surface area contributed by atoms with E-state index in [0.29, 0.717) is 35.1 Å². The maximum absolute atomic E-state index is 13.5. The lowest BCUT2D eigenvalue weighted by Gasteiger charge is -2.34. The van der Waals surface area contributed by atoms with Crippen LogP contribution in [0, 0.1) is 13.8 Å². The molecule has 0 bridgehead atoms. The van der Waals surface area contributed by atoms with Gasteiger partial charge in [-0.05, 0) is 50.2 Å². The van der Waals surface area contributed by atoms with Gasteiger partial charge in [0.25, 0.3) is 11.8 Å². The zero-order valence-corrected chi connectivity index (χ0v) is 17.7. The van der Waals surface area contributed by atoms with Crippen molar-refractivity contribution in [2.24, 2.45) is 0 Å². The molecule has 0 aromatic heterocycles. The Morgan fingerprint density at radius 1 is 0.897 bits per heavy atom. The Kier molecular flexibility index (Phi) is 5.19. The van der Waals surface area contributed by atoms with E-state index >= 15 is 0 Å². The molecule has 2 aliphatic rings. The molecule has 0 radical (unpaired) electrons. The number of nitrogens with zero attached hydrogens (tertiary/aromatic N) is 3. The molecule has 2 aromatic rings. The summed E-state index contributed by atoms with van der Waals surface area (Å²) >= 11 is 6.14. The fourth-order valence-corrected chi connectivity index (χ4v) is 4.21. The Morgan fingerprint density at radius 3 is 2.28 bits per heavy atom. The predicted molar refractivity (Wildman–Crippen MR) is 116 cm³/mol. The van der Waals surface area contributed by atoms with Crippen molar-refractivity contribution < 1.29 is 9.59 Å². The molecule has 2 heterocycles. The van der Waals surface area contributed by atoms with Crippen molar-refractivity contribution in [1.82, 2.24) is 9.80 Å². The standard InChI is InChI=1S/C23H24ClN3O2/c1-15-7-8-19(16(2)13-15)20-21(26-11-9-25(3)10-12-26)23(29)27(22(20)28)18-6-4-5-17(24)14-18/h4-8,13-14H,9-12H2,1-3H3. The smallest absolute Gasteiger partial charge is 0.282 e. The van der Waals surface area contributed by atoms with Crippen LogP contribution in [-0.4, -0.2) is 54.8 Å². The second-order valence-electron chi connectivity index (χ2n) is 7.76. The van der Waals surface area contributed by atoms with Crippen molar-refractivity contribution in [2.75, 3.05) is 38.1 Å². The Balaban J connectivity index is 1.85. The molecular weight excluding hydrogens is 386 g/mol. The normalized spacial score (nSPS) is 18.2. The first-order chi connectivity index (χ1) is 13.9. The van der Waals surface area contributed by atoms with Crippen LogP contribution in [0.1, 0.15) is 16.7 Å². The summed E-state index contributed by atoms with van der Waals surface area (Å²) in [5.74, 6) is -0.574. The molecule has 0 unspecified atom stereocenters. The summed E-state index contributed by atoms with van der Waals surface area (Å²) < 4.78 is 0. The Morgan fingerprint density at radius 2 is 1.62 bits per heavy atom. The van der Waals surface area contributed by atoms with Gasteiger partial charge in [-0.2, -0.15) is 0 Å². The SMILES string of the molecule is Cc1ccc(C2=C(N3CCN(C)CC3)C(=O)N(c3cccc(Cl)c3)C2=O)c(C)c1. The van der Waals surface area contributed by atoms with Crippen molar-refractivity contribution >= 4 is 34.7 Å². The van der Waals surface area contributed by atoms with Gasteiger partial charge >= 0.3 is 0 Å². The van der Waals surface area contributed by atoms with E-state index in [1.54, 1.807) is 24.3 Å². The van der Waals surface area contributed by atoms with E-state index in [1.807, 2.05) is 32.0 Å². The van der Waals surface area contributed by atoms with Crippen molar-refractivity contribution in [3.63, 3.8) is 0 Å². The van der Waals surface area contributed by atoms with E-state index in [1.165, 1.54) is 4.90 Å². The molecule has 1 fully saturated rings. The second kappa shape index (κ2) is 7.65. The van der Waals surface area contributed by atoms with Crippen molar-refractivity contribution in [2.45, 2.75) is 13.8 Å². The lowest BCUT2D eigenvalue weighted by atomic mass is 9.97. The van der Waals surface area contributed by atoms with Gasteiger partial charge in [0, 0.05) is 31.2 Å². The molecule has 0 aliphatic carbocycles. The van der Waals surface area contributed by atoms with Gasteiger partial charge in [0.05, 0.1) is 11.3 Å². The van der Waals surface area contributed by atoms with Crippen molar-refractivity contribution in [3.05, 3.63) is 69.9 Å². The maximum atomic E-state index is 13.5. The number of carbonyl (C=O) groups excluding carboxylic acids is 2. The van der Waals surface area contributed by atoms with E-state index in [4.69, 9.17) is 11.6 Å². The molecule has 0 atom stereocenters. The van der Waals surface area contributed by atoms with E-state index in [-0.39, 0.29) is 11.8 Å². The Hall–Kier alpha value is -2.63. The zero-order valence-electron chi connectivity index (χ0n) is 16.9. The van der Waals surface area contributed by atoms with Crippen LogP contribution in [-0.2, 0) is 9.59 Å². The largest absolute Gasteiger partial charge is 0.364 e. The van der Waals surface area contributed by atoms with Crippen LogP contribution in [0.2, 0.25) is 5.02 Å². The van der Waals surface area contributed by atoms with E-state index < -0.39 is 0 Å². The van der Waals surface area contributed by atoms with Gasteiger partial charge in [0.15, 0.2) is 0 Å². The van der Waals surface area contributed by atoms with Crippen molar-refractivity contribution in [3.8, 4) is 0 Å². The highest BCUT2D eigenvalue weighted by Gasteiger charge is 2.43. The number of amides is 2. The van der Waals surface area contributed by atoms with E-state index in [0.717, 1.165) is 29.8 Å². The highest BCUT2D eigenvalue weighted by atomic mass is 35.5. The number of aryl methyl sites for hydroxylation is 2. The summed E-state index contributed by atoms with van der Waals surface area (Å²) in [5, 5.41) is 0.490. The Bertz CT molecular complexity index is 1020. The number of hydrogen-bond acceptors (Lipinski definition) is 4.